The summed E-state index contributed by atoms with van der Waals surface area (Å²) in [5.41, 5.74) is 2.22. The van der Waals surface area contributed by atoms with Crippen molar-refractivity contribution in [2.45, 2.75) is 44.8 Å². The third-order valence-electron chi connectivity index (χ3n) is 6.50. The van der Waals surface area contributed by atoms with E-state index in [2.05, 4.69) is 29.7 Å². The van der Waals surface area contributed by atoms with Crippen molar-refractivity contribution in [3.05, 3.63) is 53.8 Å². The Morgan fingerprint density at radius 3 is 2.66 bits per heavy atom. The summed E-state index contributed by atoms with van der Waals surface area (Å²) in [5.74, 6) is 2.10. The Hall–Kier alpha value is -2.27. The molecular formula is C24H31FN2O2. The van der Waals surface area contributed by atoms with Crippen molar-refractivity contribution in [3.63, 3.8) is 0 Å². The molecule has 2 fully saturated rings. The van der Waals surface area contributed by atoms with Crippen LogP contribution in [0.15, 0.2) is 42.5 Å². The highest BCUT2D eigenvalue weighted by atomic mass is 19.1. The van der Waals surface area contributed by atoms with Crippen LogP contribution in [0.1, 0.15) is 32.3 Å². The number of halogens is 1. The molecule has 2 aromatic carbocycles. The number of benzene rings is 2. The van der Waals surface area contributed by atoms with E-state index in [0.717, 1.165) is 49.7 Å². The van der Waals surface area contributed by atoms with Gasteiger partial charge >= 0.3 is 0 Å². The zero-order chi connectivity index (χ0) is 20.6. The van der Waals surface area contributed by atoms with E-state index in [1.54, 1.807) is 20.3 Å². The third kappa shape index (κ3) is 3.93. The molecule has 0 aromatic heterocycles. The van der Waals surface area contributed by atoms with Crippen LogP contribution in [0.2, 0.25) is 0 Å². The number of rotatable bonds is 5. The Bertz CT molecular complexity index is 870. The molecule has 0 bridgehead atoms. The summed E-state index contributed by atoms with van der Waals surface area (Å²) >= 11 is 0. The Balaban J connectivity index is 1.50. The van der Waals surface area contributed by atoms with Crippen LogP contribution in [0.5, 0.6) is 11.5 Å². The van der Waals surface area contributed by atoms with Gasteiger partial charge in [0.2, 0.25) is 0 Å². The number of anilines is 1. The van der Waals surface area contributed by atoms with E-state index >= 15 is 0 Å². The minimum Gasteiger partial charge on any atom is -0.497 e. The van der Waals surface area contributed by atoms with E-state index in [1.165, 1.54) is 11.6 Å². The molecular weight excluding hydrogens is 367 g/mol. The minimum absolute atomic E-state index is 0.0247. The van der Waals surface area contributed by atoms with E-state index in [1.807, 2.05) is 24.3 Å². The van der Waals surface area contributed by atoms with Crippen LogP contribution in [0.3, 0.4) is 0 Å². The van der Waals surface area contributed by atoms with Crippen LogP contribution in [0.4, 0.5) is 10.1 Å². The fourth-order valence-electron chi connectivity index (χ4n) is 5.36. The molecule has 2 aliphatic heterocycles. The van der Waals surface area contributed by atoms with Crippen LogP contribution >= 0.6 is 0 Å². The lowest BCUT2D eigenvalue weighted by Gasteiger charge is -2.42. The van der Waals surface area contributed by atoms with Gasteiger partial charge in [0.1, 0.15) is 17.3 Å². The summed E-state index contributed by atoms with van der Waals surface area (Å²) in [4.78, 5) is 4.99. The lowest BCUT2D eigenvalue weighted by atomic mass is 9.89. The SMILES string of the molecule is COc1ccc(CN2CC[C@H]3[C@@H](C2)CC(C)(C)N3c2cccc(F)c2)c(OC)c1. The van der Waals surface area contributed by atoms with Crippen LogP contribution in [-0.4, -0.2) is 43.8 Å². The van der Waals surface area contributed by atoms with Crippen molar-refractivity contribution in [2.75, 3.05) is 32.2 Å². The molecule has 5 heteroatoms. The highest BCUT2D eigenvalue weighted by molar-refractivity contribution is 5.52. The minimum atomic E-state index is -0.161. The van der Waals surface area contributed by atoms with Gasteiger partial charge in [0.05, 0.1) is 14.2 Å². The molecule has 0 radical (unpaired) electrons. The molecule has 0 amide bonds. The number of methoxy groups -OCH3 is 2. The smallest absolute Gasteiger partial charge is 0.127 e. The van der Waals surface area contributed by atoms with Crippen molar-refractivity contribution >= 4 is 5.69 Å². The number of likely N-dealkylation sites (tertiary alicyclic amines) is 1. The second-order valence-electron chi connectivity index (χ2n) is 8.90. The van der Waals surface area contributed by atoms with Crippen LogP contribution in [0, 0.1) is 11.7 Å². The zero-order valence-electron chi connectivity index (χ0n) is 17.8. The van der Waals surface area contributed by atoms with Gasteiger partial charge in [0.15, 0.2) is 0 Å². The summed E-state index contributed by atoms with van der Waals surface area (Å²) in [7, 11) is 3.38. The first kappa shape index (κ1) is 20.0. The van der Waals surface area contributed by atoms with Gasteiger partial charge in [-0.15, -0.1) is 0 Å². The molecule has 4 nitrogen and oxygen atoms in total. The fourth-order valence-corrected chi connectivity index (χ4v) is 5.36. The van der Waals surface area contributed by atoms with E-state index in [-0.39, 0.29) is 11.4 Å². The number of piperidine rings is 1. The summed E-state index contributed by atoms with van der Waals surface area (Å²) in [6.45, 7) is 7.52. The monoisotopic (exact) mass is 398 g/mol. The molecule has 0 aliphatic carbocycles. The quantitative estimate of drug-likeness (QED) is 0.727. The number of ether oxygens (including phenoxy) is 2. The second kappa shape index (κ2) is 7.86. The molecule has 0 saturated carbocycles. The van der Waals surface area contributed by atoms with Gasteiger partial charge in [0, 0.05) is 48.5 Å². The highest BCUT2D eigenvalue weighted by Crippen LogP contribution is 2.45. The molecule has 156 valence electrons. The van der Waals surface area contributed by atoms with Crippen molar-refractivity contribution in [1.82, 2.24) is 4.90 Å². The summed E-state index contributed by atoms with van der Waals surface area (Å²) < 4.78 is 24.8. The topological polar surface area (TPSA) is 24.9 Å². The average molecular weight is 399 g/mol. The molecule has 29 heavy (non-hydrogen) atoms. The van der Waals surface area contributed by atoms with Crippen molar-refractivity contribution in [1.29, 1.82) is 0 Å². The number of nitrogens with zero attached hydrogens (tertiary/aromatic N) is 2. The van der Waals surface area contributed by atoms with Gasteiger partial charge in [-0.2, -0.15) is 0 Å². The Kier molecular flexibility index (Phi) is 5.43. The van der Waals surface area contributed by atoms with Gasteiger partial charge in [-0.05, 0) is 56.9 Å². The van der Waals surface area contributed by atoms with E-state index in [0.29, 0.717) is 12.0 Å². The first-order valence-corrected chi connectivity index (χ1v) is 10.4. The summed E-state index contributed by atoms with van der Waals surface area (Å²) in [6, 6.07) is 13.6. The van der Waals surface area contributed by atoms with Crippen molar-refractivity contribution < 1.29 is 13.9 Å². The fraction of sp³-hybridized carbons (Fsp3) is 0.500. The zero-order valence-corrected chi connectivity index (χ0v) is 17.8. The lowest BCUT2D eigenvalue weighted by Crippen LogP contribution is -2.48. The van der Waals surface area contributed by atoms with Gasteiger partial charge in [-0.1, -0.05) is 12.1 Å². The average Bonchev–Trinajstić information content (AvgIpc) is 2.97. The van der Waals surface area contributed by atoms with Gasteiger partial charge < -0.3 is 14.4 Å². The van der Waals surface area contributed by atoms with Crippen molar-refractivity contribution in [3.8, 4) is 11.5 Å². The molecule has 0 N–H and O–H groups in total. The first-order chi connectivity index (χ1) is 13.9. The summed E-state index contributed by atoms with van der Waals surface area (Å²) in [5, 5.41) is 0. The largest absolute Gasteiger partial charge is 0.497 e. The Labute approximate surface area is 173 Å². The van der Waals surface area contributed by atoms with E-state index < -0.39 is 0 Å². The maximum absolute atomic E-state index is 13.9. The van der Waals surface area contributed by atoms with Crippen LogP contribution < -0.4 is 14.4 Å². The molecule has 2 saturated heterocycles. The lowest BCUT2D eigenvalue weighted by molar-refractivity contribution is 0.159. The van der Waals surface area contributed by atoms with Gasteiger partial charge in [0.25, 0.3) is 0 Å². The molecule has 0 unspecified atom stereocenters. The molecule has 4 rings (SSSR count). The number of hydrogen-bond acceptors (Lipinski definition) is 4. The second-order valence-corrected chi connectivity index (χ2v) is 8.90. The third-order valence-corrected chi connectivity index (χ3v) is 6.50. The predicted molar refractivity (Wildman–Crippen MR) is 114 cm³/mol. The molecule has 2 aromatic rings. The standard InChI is InChI=1S/C24H31FN2O2/c1-24(2)14-18-16-26(15-17-8-9-21(28-3)13-23(17)29-4)11-10-22(18)27(24)20-7-5-6-19(25)12-20/h5-9,12-13,18,22H,10-11,14-16H2,1-4H3/t18-,22+/m1/s1. The summed E-state index contributed by atoms with van der Waals surface area (Å²) in [6.07, 6.45) is 2.20. The van der Waals surface area contributed by atoms with Gasteiger partial charge in [-0.25, -0.2) is 4.39 Å². The van der Waals surface area contributed by atoms with Gasteiger partial charge in [-0.3, -0.25) is 4.90 Å². The van der Waals surface area contributed by atoms with Crippen molar-refractivity contribution in [2.24, 2.45) is 5.92 Å². The molecule has 2 heterocycles. The van der Waals surface area contributed by atoms with E-state index in [4.69, 9.17) is 9.47 Å². The first-order valence-electron chi connectivity index (χ1n) is 10.4. The normalized spacial score (nSPS) is 23.7. The maximum Gasteiger partial charge on any atom is 0.127 e. The van der Waals surface area contributed by atoms with Crippen LogP contribution in [0.25, 0.3) is 0 Å². The molecule has 2 aliphatic rings. The van der Waals surface area contributed by atoms with Crippen LogP contribution in [-0.2, 0) is 6.54 Å². The Morgan fingerprint density at radius 1 is 1.10 bits per heavy atom. The maximum atomic E-state index is 13.9. The predicted octanol–water partition coefficient (Wildman–Crippen LogP) is 4.72. The number of hydrogen-bond donors (Lipinski definition) is 0. The molecule has 2 atom stereocenters. The Morgan fingerprint density at radius 2 is 1.93 bits per heavy atom. The van der Waals surface area contributed by atoms with E-state index in [9.17, 15) is 4.39 Å². The molecule has 0 spiro atoms. The highest BCUT2D eigenvalue weighted by Gasteiger charge is 2.48. The number of fused-ring (bicyclic) bond motifs is 1.